The molecule has 0 aliphatic carbocycles. The molecule has 0 aromatic heterocycles. The smallest absolute Gasteiger partial charge is 0.335 e. The van der Waals surface area contributed by atoms with Gasteiger partial charge in [-0.25, -0.2) is 17.9 Å². The quantitative estimate of drug-likeness (QED) is 0.809. The van der Waals surface area contributed by atoms with Crippen molar-refractivity contribution in [3.05, 3.63) is 28.2 Å². The molecule has 2 N–H and O–H groups in total. The molecule has 19 heavy (non-hydrogen) atoms. The first kappa shape index (κ1) is 16.1. The first-order valence-corrected chi connectivity index (χ1v) is 7.61. The van der Waals surface area contributed by atoms with Crippen molar-refractivity contribution in [1.82, 2.24) is 4.72 Å². The molecule has 106 valence electrons. The van der Waals surface area contributed by atoms with Gasteiger partial charge in [0.05, 0.1) is 16.6 Å². The van der Waals surface area contributed by atoms with E-state index >= 15 is 0 Å². The van der Waals surface area contributed by atoms with Crippen LogP contribution in [0.1, 0.15) is 17.3 Å². The van der Waals surface area contributed by atoms with Gasteiger partial charge < -0.3 is 9.84 Å². The summed E-state index contributed by atoms with van der Waals surface area (Å²) in [5.41, 5.74) is 0.0103. The Kier molecular flexibility index (Phi) is 5.48. The standard InChI is InChI=1S/C11H14BrNO5S/c1-7(18-2)6-13-19(16,17)10-4-3-8(11(14)15)5-9(10)12/h3-5,7,13H,6H2,1-2H3,(H,14,15). The number of halogens is 1. The van der Waals surface area contributed by atoms with Crippen LogP contribution in [0, 0.1) is 0 Å². The van der Waals surface area contributed by atoms with E-state index in [0.717, 1.165) is 0 Å². The molecule has 1 aromatic carbocycles. The fourth-order valence-corrected chi connectivity index (χ4v) is 3.43. The Hall–Kier alpha value is -0.960. The fraction of sp³-hybridized carbons (Fsp3) is 0.364. The maximum Gasteiger partial charge on any atom is 0.335 e. The lowest BCUT2D eigenvalue weighted by molar-refractivity contribution is 0.0696. The Morgan fingerprint density at radius 3 is 2.63 bits per heavy atom. The molecule has 0 radical (unpaired) electrons. The number of sulfonamides is 1. The summed E-state index contributed by atoms with van der Waals surface area (Å²) in [5, 5.41) is 8.81. The number of rotatable bonds is 6. The molecule has 0 saturated heterocycles. The van der Waals surface area contributed by atoms with Gasteiger partial charge >= 0.3 is 5.97 Å². The first-order chi connectivity index (χ1) is 8.77. The van der Waals surface area contributed by atoms with Gasteiger partial charge in [-0.3, -0.25) is 0 Å². The zero-order valence-corrected chi connectivity index (χ0v) is 12.8. The lowest BCUT2D eigenvalue weighted by Crippen LogP contribution is -2.31. The molecule has 0 aliphatic rings. The van der Waals surface area contributed by atoms with Crippen LogP contribution in [0.5, 0.6) is 0 Å². The van der Waals surface area contributed by atoms with Gasteiger partial charge in [0.15, 0.2) is 0 Å². The van der Waals surface area contributed by atoms with Crippen molar-refractivity contribution in [2.24, 2.45) is 0 Å². The van der Waals surface area contributed by atoms with Crippen LogP contribution in [0.4, 0.5) is 0 Å². The number of aromatic carboxylic acids is 1. The van der Waals surface area contributed by atoms with Crippen molar-refractivity contribution in [3.8, 4) is 0 Å². The summed E-state index contributed by atoms with van der Waals surface area (Å²) < 4.78 is 31.6. The van der Waals surface area contributed by atoms with Crippen LogP contribution in [-0.4, -0.2) is 39.3 Å². The van der Waals surface area contributed by atoms with Crippen LogP contribution in [0.3, 0.4) is 0 Å². The number of ether oxygens (including phenoxy) is 1. The van der Waals surface area contributed by atoms with Crippen molar-refractivity contribution < 1.29 is 23.1 Å². The summed E-state index contributed by atoms with van der Waals surface area (Å²) in [4.78, 5) is 10.8. The van der Waals surface area contributed by atoms with Gasteiger partial charge in [-0.15, -0.1) is 0 Å². The fourth-order valence-electron chi connectivity index (χ4n) is 1.24. The number of hydrogen-bond donors (Lipinski definition) is 2. The molecular formula is C11H14BrNO5S. The molecule has 0 saturated carbocycles. The van der Waals surface area contributed by atoms with Gasteiger partial charge in [0.2, 0.25) is 10.0 Å². The molecule has 0 fully saturated rings. The average Bonchev–Trinajstić information content (AvgIpc) is 2.35. The normalized spacial score (nSPS) is 13.2. The minimum Gasteiger partial charge on any atom is -0.478 e. The highest BCUT2D eigenvalue weighted by atomic mass is 79.9. The number of carboxylic acids is 1. The molecule has 1 atom stereocenters. The highest BCUT2D eigenvalue weighted by molar-refractivity contribution is 9.10. The molecule has 1 aromatic rings. The molecule has 0 bridgehead atoms. The zero-order chi connectivity index (χ0) is 14.6. The maximum atomic E-state index is 12.0. The summed E-state index contributed by atoms with van der Waals surface area (Å²) in [6.07, 6.45) is -0.258. The van der Waals surface area contributed by atoms with Gasteiger partial charge in [0.1, 0.15) is 0 Å². The van der Waals surface area contributed by atoms with Crippen molar-refractivity contribution >= 4 is 31.9 Å². The first-order valence-electron chi connectivity index (χ1n) is 5.33. The van der Waals surface area contributed by atoms with Gasteiger partial charge in [0, 0.05) is 18.1 Å². The topological polar surface area (TPSA) is 92.7 Å². The van der Waals surface area contributed by atoms with Crippen LogP contribution >= 0.6 is 15.9 Å². The number of hydrogen-bond acceptors (Lipinski definition) is 4. The van der Waals surface area contributed by atoms with Crippen LogP contribution in [-0.2, 0) is 14.8 Å². The van der Waals surface area contributed by atoms with Crippen molar-refractivity contribution in [1.29, 1.82) is 0 Å². The lowest BCUT2D eigenvalue weighted by Gasteiger charge is -2.12. The second-order valence-electron chi connectivity index (χ2n) is 3.85. The molecular weight excluding hydrogens is 338 g/mol. The van der Waals surface area contributed by atoms with Crippen LogP contribution in [0.15, 0.2) is 27.6 Å². The Bertz CT molecular complexity index is 572. The van der Waals surface area contributed by atoms with E-state index in [0.29, 0.717) is 0 Å². The highest BCUT2D eigenvalue weighted by Gasteiger charge is 2.19. The largest absolute Gasteiger partial charge is 0.478 e. The van der Waals surface area contributed by atoms with Crippen LogP contribution < -0.4 is 4.72 Å². The minimum atomic E-state index is -3.71. The minimum absolute atomic E-state index is 0.0103. The third kappa shape index (κ3) is 4.27. The summed E-state index contributed by atoms with van der Waals surface area (Å²) in [7, 11) is -2.23. The van der Waals surface area contributed by atoms with E-state index < -0.39 is 16.0 Å². The third-order valence-electron chi connectivity index (χ3n) is 2.43. The van der Waals surface area contributed by atoms with Crippen LogP contribution in [0.25, 0.3) is 0 Å². The highest BCUT2D eigenvalue weighted by Crippen LogP contribution is 2.23. The summed E-state index contributed by atoms with van der Waals surface area (Å²) >= 11 is 3.06. The Labute approximate surface area is 120 Å². The third-order valence-corrected chi connectivity index (χ3v) is 4.83. The Morgan fingerprint density at radius 2 is 2.16 bits per heavy atom. The molecule has 8 heteroatoms. The summed E-state index contributed by atoms with van der Waals surface area (Å²) in [6, 6.07) is 3.73. The number of carbonyl (C=O) groups is 1. The van der Waals surface area contributed by atoms with E-state index in [1.807, 2.05) is 0 Å². The van der Waals surface area contributed by atoms with Gasteiger partial charge in [-0.1, -0.05) is 0 Å². The van der Waals surface area contributed by atoms with Crippen molar-refractivity contribution in [3.63, 3.8) is 0 Å². The maximum absolute atomic E-state index is 12.0. The second-order valence-corrected chi connectivity index (χ2v) is 6.44. The number of carboxylic acid groups (broad SMARTS) is 1. The lowest BCUT2D eigenvalue weighted by atomic mass is 10.2. The number of nitrogens with one attached hydrogen (secondary N) is 1. The van der Waals surface area contributed by atoms with Crippen molar-refractivity contribution in [2.75, 3.05) is 13.7 Å². The second kappa shape index (κ2) is 6.47. The molecule has 0 heterocycles. The average molecular weight is 352 g/mol. The predicted octanol–water partition coefficient (Wildman–Crippen LogP) is 1.46. The Balaban J connectivity index is 2.99. The molecule has 0 spiro atoms. The predicted molar refractivity (Wildman–Crippen MR) is 72.8 cm³/mol. The number of methoxy groups -OCH3 is 1. The summed E-state index contributed by atoms with van der Waals surface area (Å²) in [6.45, 7) is 1.86. The monoisotopic (exact) mass is 351 g/mol. The molecule has 1 unspecified atom stereocenters. The molecule has 1 rings (SSSR count). The van der Waals surface area contributed by atoms with E-state index in [2.05, 4.69) is 20.7 Å². The Morgan fingerprint density at radius 1 is 1.53 bits per heavy atom. The van der Waals surface area contributed by atoms with Crippen molar-refractivity contribution in [2.45, 2.75) is 17.9 Å². The number of benzene rings is 1. The molecule has 0 amide bonds. The molecule has 0 aliphatic heterocycles. The van der Waals surface area contributed by atoms with E-state index in [1.54, 1.807) is 6.92 Å². The molecule has 6 nitrogen and oxygen atoms in total. The van der Waals surface area contributed by atoms with E-state index in [-0.39, 0.29) is 27.6 Å². The SMILES string of the molecule is COC(C)CNS(=O)(=O)c1ccc(C(=O)O)cc1Br. The van der Waals surface area contributed by atoms with Gasteiger partial charge in [-0.05, 0) is 41.1 Å². The van der Waals surface area contributed by atoms with E-state index in [9.17, 15) is 13.2 Å². The van der Waals surface area contributed by atoms with Gasteiger partial charge in [0.25, 0.3) is 0 Å². The zero-order valence-electron chi connectivity index (χ0n) is 10.4. The van der Waals surface area contributed by atoms with Gasteiger partial charge in [-0.2, -0.15) is 0 Å². The summed E-state index contributed by atoms with van der Waals surface area (Å²) in [5.74, 6) is -1.12. The van der Waals surface area contributed by atoms with E-state index in [1.165, 1.54) is 25.3 Å². The van der Waals surface area contributed by atoms with Crippen LogP contribution in [0.2, 0.25) is 0 Å². The van der Waals surface area contributed by atoms with E-state index in [4.69, 9.17) is 9.84 Å².